The largest absolute Gasteiger partial charge is 0.336 e. The van der Waals surface area contributed by atoms with Gasteiger partial charge in [-0.25, -0.2) is 0 Å². The van der Waals surface area contributed by atoms with Crippen LogP contribution in [0.25, 0.3) is 0 Å². The van der Waals surface area contributed by atoms with Crippen LogP contribution < -0.4 is 10.6 Å². The molecule has 1 saturated carbocycles. The fraction of sp³-hybridized carbons (Fsp3) is 0.800. The fourth-order valence-electron chi connectivity index (χ4n) is 1.80. The van der Waals surface area contributed by atoms with Crippen LogP contribution in [-0.2, 0) is 4.79 Å². The van der Waals surface area contributed by atoms with Gasteiger partial charge in [-0.3, -0.25) is 4.79 Å². The van der Waals surface area contributed by atoms with Crippen LogP contribution in [0.15, 0.2) is 0 Å². The molecule has 2 N–H and O–H groups in total. The van der Waals surface area contributed by atoms with Gasteiger partial charge in [-0.15, -0.1) is 0 Å². The van der Waals surface area contributed by atoms with Gasteiger partial charge >= 0.3 is 0 Å². The highest BCUT2D eigenvalue weighted by Crippen LogP contribution is 2.34. The van der Waals surface area contributed by atoms with Gasteiger partial charge in [-0.05, 0) is 25.5 Å². The van der Waals surface area contributed by atoms with Crippen LogP contribution in [0.4, 0.5) is 0 Å². The summed E-state index contributed by atoms with van der Waals surface area (Å²) < 4.78 is 0. The maximum Gasteiger partial charge on any atom is 0.238 e. The Morgan fingerprint density at radius 2 is 2.40 bits per heavy atom. The SMILES string of the molecule is CS[C@@H]1CN[C@H](C(=O)NC2(C#N)CC2)C1. The zero-order chi connectivity index (χ0) is 10.9. The van der Waals surface area contributed by atoms with Gasteiger partial charge in [0.15, 0.2) is 0 Å². The molecule has 0 spiro atoms. The van der Waals surface area contributed by atoms with Crippen molar-refractivity contribution in [3.05, 3.63) is 0 Å². The third-order valence-electron chi connectivity index (χ3n) is 3.07. The number of thioether (sulfide) groups is 1. The first-order valence-corrected chi connectivity index (χ1v) is 6.47. The summed E-state index contributed by atoms with van der Waals surface area (Å²) in [5.74, 6) is -0.00870. The molecule has 2 rings (SSSR count). The van der Waals surface area contributed by atoms with E-state index in [-0.39, 0.29) is 11.9 Å². The Bertz CT molecular complexity index is 308. The van der Waals surface area contributed by atoms with E-state index in [1.54, 1.807) is 11.8 Å². The van der Waals surface area contributed by atoms with Crippen LogP contribution in [0.5, 0.6) is 0 Å². The van der Waals surface area contributed by atoms with Crippen LogP contribution in [0.1, 0.15) is 19.3 Å². The first-order valence-electron chi connectivity index (χ1n) is 5.18. The van der Waals surface area contributed by atoms with Crippen LogP contribution in [0, 0.1) is 11.3 Å². The second-order valence-electron chi connectivity index (χ2n) is 4.24. The van der Waals surface area contributed by atoms with Crippen molar-refractivity contribution in [3.63, 3.8) is 0 Å². The molecule has 2 fully saturated rings. The summed E-state index contributed by atoms with van der Waals surface area (Å²) >= 11 is 1.79. The number of amides is 1. The molecule has 0 aromatic rings. The van der Waals surface area contributed by atoms with Crippen LogP contribution in [-0.4, -0.2) is 35.5 Å². The molecule has 1 aliphatic heterocycles. The van der Waals surface area contributed by atoms with Crippen molar-refractivity contribution >= 4 is 17.7 Å². The monoisotopic (exact) mass is 225 g/mol. The van der Waals surface area contributed by atoms with Gasteiger partial charge in [-0.1, -0.05) is 0 Å². The molecule has 0 radical (unpaired) electrons. The topological polar surface area (TPSA) is 64.9 Å². The minimum Gasteiger partial charge on any atom is -0.336 e. The lowest BCUT2D eigenvalue weighted by Gasteiger charge is -2.14. The highest BCUT2D eigenvalue weighted by molar-refractivity contribution is 7.99. The molecule has 2 atom stereocenters. The first kappa shape index (κ1) is 10.8. The highest BCUT2D eigenvalue weighted by Gasteiger charge is 2.46. The summed E-state index contributed by atoms with van der Waals surface area (Å²) in [6.07, 6.45) is 4.53. The molecular weight excluding hydrogens is 210 g/mol. The number of rotatable bonds is 3. The molecule has 15 heavy (non-hydrogen) atoms. The molecule has 1 aliphatic carbocycles. The van der Waals surface area contributed by atoms with E-state index in [9.17, 15) is 4.79 Å². The molecule has 4 nitrogen and oxygen atoms in total. The smallest absolute Gasteiger partial charge is 0.238 e. The molecular formula is C10H15N3OS. The van der Waals surface area contributed by atoms with Crippen molar-refractivity contribution < 1.29 is 4.79 Å². The third kappa shape index (κ3) is 2.27. The molecule has 1 heterocycles. The maximum atomic E-state index is 11.8. The normalized spacial score (nSPS) is 32.0. The van der Waals surface area contributed by atoms with E-state index < -0.39 is 5.54 Å². The number of nitrogens with one attached hydrogen (secondary N) is 2. The van der Waals surface area contributed by atoms with Gasteiger partial charge in [0, 0.05) is 11.8 Å². The van der Waals surface area contributed by atoms with Crippen molar-refractivity contribution in [2.24, 2.45) is 0 Å². The highest BCUT2D eigenvalue weighted by atomic mass is 32.2. The van der Waals surface area contributed by atoms with Gasteiger partial charge in [0.05, 0.1) is 12.1 Å². The van der Waals surface area contributed by atoms with E-state index in [4.69, 9.17) is 5.26 Å². The van der Waals surface area contributed by atoms with E-state index in [0.717, 1.165) is 25.8 Å². The Kier molecular flexibility index (Phi) is 2.89. The minimum absolute atomic E-state index is 0.00870. The number of carbonyl (C=O) groups excluding carboxylic acids is 1. The van der Waals surface area contributed by atoms with E-state index in [1.165, 1.54) is 0 Å². The van der Waals surface area contributed by atoms with Crippen LogP contribution in [0.2, 0.25) is 0 Å². The lowest BCUT2D eigenvalue weighted by atomic mass is 10.2. The second-order valence-corrected chi connectivity index (χ2v) is 5.38. The molecule has 0 aromatic heterocycles. The Morgan fingerprint density at radius 3 is 2.87 bits per heavy atom. The quantitative estimate of drug-likeness (QED) is 0.723. The van der Waals surface area contributed by atoms with Crippen molar-refractivity contribution in [1.29, 1.82) is 5.26 Å². The van der Waals surface area contributed by atoms with Gasteiger partial charge in [0.25, 0.3) is 0 Å². The second kappa shape index (κ2) is 4.03. The summed E-state index contributed by atoms with van der Waals surface area (Å²) in [5, 5.41) is 15.4. The summed E-state index contributed by atoms with van der Waals surface area (Å²) in [6.45, 7) is 0.888. The number of carbonyl (C=O) groups is 1. The molecule has 2 aliphatic rings. The van der Waals surface area contributed by atoms with Gasteiger partial charge < -0.3 is 10.6 Å². The van der Waals surface area contributed by atoms with Crippen molar-refractivity contribution in [1.82, 2.24) is 10.6 Å². The maximum absolute atomic E-state index is 11.8. The van der Waals surface area contributed by atoms with Crippen molar-refractivity contribution in [2.45, 2.75) is 36.1 Å². The molecule has 5 heteroatoms. The predicted molar refractivity (Wildman–Crippen MR) is 59.4 cm³/mol. The lowest BCUT2D eigenvalue weighted by molar-refractivity contribution is -0.123. The number of nitrogens with zero attached hydrogens (tertiary/aromatic N) is 1. The molecule has 0 unspecified atom stereocenters. The van der Waals surface area contributed by atoms with Gasteiger partial charge in [0.2, 0.25) is 5.91 Å². The molecule has 82 valence electrons. The molecule has 1 saturated heterocycles. The first-order chi connectivity index (χ1) is 7.19. The van der Waals surface area contributed by atoms with E-state index >= 15 is 0 Å². The average Bonchev–Trinajstić information content (AvgIpc) is 2.85. The Balaban J connectivity index is 1.85. The van der Waals surface area contributed by atoms with Crippen LogP contribution in [0.3, 0.4) is 0 Å². The fourth-order valence-corrected chi connectivity index (χ4v) is 2.44. The standard InChI is InChI=1S/C10H15N3OS/c1-15-7-4-8(12-5-7)9(14)13-10(6-11)2-3-10/h7-8,12H,2-5H2,1H3,(H,13,14)/t7-,8-/m0/s1. The number of hydrogen-bond donors (Lipinski definition) is 2. The molecule has 0 bridgehead atoms. The summed E-state index contributed by atoms with van der Waals surface area (Å²) in [4.78, 5) is 11.8. The zero-order valence-electron chi connectivity index (χ0n) is 8.75. The third-order valence-corrected chi connectivity index (χ3v) is 4.09. The van der Waals surface area contributed by atoms with Crippen molar-refractivity contribution in [3.8, 4) is 6.07 Å². The average molecular weight is 225 g/mol. The lowest BCUT2D eigenvalue weighted by Crippen LogP contribution is -2.45. The Hall–Kier alpha value is -0.730. The predicted octanol–water partition coefficient (Wildman–Crippen LogP) is 0.252. The van der Waals surface area contributed by atoms with E-state index in [0.29, 0.717) is 5.25 Å². The van der Waals surface area contributed by atoms with Gasteiger partial charge in [-0.2, -0.15) is 17.0 Å². The van der Waals surface area contributed by atoms with E-state index in [1.807, 2.05) is 0 Å². The summed E-state index contributed by atoms with van der Waals surface area (Å²) in [7, 11) is 0. The van der Waals surface area contributed by atoms with E-state index in [2.05, 4.69) is 23.0 Å². The minimum atomic E-state index is -0.532. The Labute approximate surface area is 93.8 Å². The number of hydrogen-bond acceptors (Lipinski definition) is 4. The number of nitriles is 1. The summed E-state index contributed by atoms with van der Waals surface area (Å²) in [5.41, 5.74) is -0.532. The van der Waals surface area contributed by atoms with Gasteiger partial charge in [0.1, 0.15) is 5.54 Å². The molecule has 1 amide bonds. The summed E-state index contributed by atoms with van der Waals surface area (Å²) in [6, 6.07) is 2.06. The molecule has 0 aromatic carbocycles. The van der Waals surface area contributed by atoms with Crippen LogP contribution >= 0.6 is 11.8 Å². The Morgan fingerprint density at radius 1 is 1.67 bits per heavy atom. The zero-order valence-corrected chi connectivity index (χ0v) is 9.56. The van der Waals surface area contributed by atoms with Crippen molar-refractivity contribution in [2.75, 3.05) is 12.8 Å².